The number of ether oxygens (including phenoxy) is 2. The molecule has 2 aromatic carbocycles. The van der Waals surface area contributed by atoms with E-state index in [1.54, 1.807) is 48.5 Å². The third kappa shape index (κ3) is 3.29. The Balaban J connectivity index is 1.92. The lowest BCUT2D eigenvalue weighted by Gasteiger charge is -2.22. The molecule has 1 amide bonds. The molecule has 0 bridgehead atoms. The molecule has 1 atom stereocenters. The molecule has 0 unspecified atom stereocenters. The van der Waals surface area contributed by atoms with Crippen LogP contribution in [0.25, 0.3) is 0 Å². The van der Waals surface area contributed by atoms with Crippen LogP contribution in [0.1, 0.15) is 22.3 Å². The van der Waals surface area contributed by atoms with Gasteiger partial charge in [0.05, 0.1) is 26.3 Å². The highest BCUT2D eigenvalue weighted by atomic mass is 16.5. The first-order valence-corrected chi connectivity index (χ1v) is 8.28. The third-order valence-corrected chi connectivity index (χ3v) is 4.58. The maximum absolute atomic E-state index is 12.9. The summed E-state index contributed by atoms with van der Waals surface area (Å²) >= 11 is 0. The van der Waals surface area contributed by atoms with Crippen molar-refractivity contribution in [2.75, 3.05) is 25.7 Å². The summed E-state index contributed by atoms with van der Waals surface area (Å²) in [6.07, 6.45) is -0.438. The smallest absolute Gasteiger partial charge is 0.325 e. The van der Waals surface area contributed by atoms with Crippen molar-refractivity contribution >= 4 is 23.3 Å². The Kier molecular flexibility index (Phi) is 4.96. The molecule has 27 heavy (non-hydrogen) atoms. The zero-order valence-electron chi connectivity index (χ0n) is 15.0. The number of ketones is 1. The molecule has 0 spiro atoms. The molecule has 1 aliphatic heterocycles. The summed E-state index contributed by atoms with van der Waals surface area (Å²) in [5.74, 6) is -1.15. The van der Waals surface area contributed by atoms with Crippen molar-refractivity contribution in [3.8, 4) is 5.75 Å². The fourth-order valence-electron chi connectivity index (χ4n) is 3.14. The van der Waals surface area contributed by atoms with E-state index < -0.39 is 29.7 Å². The zero-order valence-corrected chi connectivity index (χ0v) is 15.0. The van der Waals surface area contributed by atoms with Crippen LogP contribution in [-0.4, -0.2) is 43.5 Å². The second-order valence-electron chi connectivity index (χ2n) is 6.17. The van der Waals surface area contributed by atoms with E-state index in [0.717, 1.165) is 4.90 Å². The Labute approximate surface area is 156 Å². The average Bonchev–Trinajstić information content (AvgIpc) is 2.90. The van der Waals surface area contributed by atoms with Gasteiger partial charge in [0.2, 0.25) is 0 Å². The van der Waals surface area contributed by atoms with Crippen LogP contribution in [0.3, 0.4) is 0 Å². The number of carbonyl (C=O) groups is 3. The number of rotatable bonds is 6. The molecule has 0 radical (unpaired) electrons. The summed E-state index contributed by atoms with van der Waals surface area (Å²) < 4.78 is 9.68. The number of para-hydroxylation sites is 1. The predicted molar refractivity (Wildman–Crippen MR) is 96.6 cm³/mol. The van der Waals surface area contributed by atoms with Crippen LogP contribution >= 0.6 is 0 Å². The molecule has 7 nitrogen and oxygen atoms in total. The number of esters is 1. The number of carbonyl (C=O) groups excluding carboxylic acids is 3. The number of hydrogen-bond donors (Lipinski definition) is 1. The van der Waals surface area contributed by atoms with Crippen LogP contribution < -0.4 is 9.64 Å². The lowest BCUT2D eigenvalue weighted by molar-refractivity contribution is -0.142. The quantitative estimate of drug-likeness (QED) is 0.615. The standard InChI is InChI=1S/C20H19NO6/c1-26-14-9-7-13(8-10-14)17(22)11-20(25)15-5-3-4-6-16(15)21(19(20)24)12-18(23)27-2/h3-10,25H,11-12H2,1-2H3/t20-/m0/s1. The maximum atomic E-state index is 12.9. The number of methoxy groups -OCH3 is 2. The number of nitrogens with zero attached hydrogens (tertiary/aromatic N) is 1. The van der Waals surface area contributed by atoms with E-state index in [-0.39, 0.29) is 6.54 Å². The third-order valence-electron chi connectivity index (χ3n) is 4.58. The van der Waals surface area contributed by atoms with Gasteiger partial charge in [0.25, 0.3) is 5.91 Å². The van der Waals surface area contributed by atoms with E-state index in [1.165, 1.54) is 14.2 Å². The zero-order chi connectivity index (χ0) is 19.6. The minimum atomic E-state index is -2.04. The van der Waals surface area contributed by atoms with Crippen molar-refractivity contribution in [1.82, 2.24) is 0 Å². The number of hydrogen-bond acceptors (Lipinski definition) is 6. The normalized spacial score (nSPS) is 18.2. The highest BCUT2D eigenvalue weighted by Gasteiger charge is 2.51. The van der Waals surface area contributed by atoms with Crippen molar-refractivity contribution in [1.29, 1.82) is 0 Å². The highest BCUT2D eigenvalue weighted by Crippen LogP contribution is 2.42. The van der Waals surface area contributed by atoms with E-state index in [9.17, 15) is 19.5 Å². The highest BCUT2D eigenvalue weighted by molar-refractivity contribution is 6.12. The summed E-state index contributed by atoms with van der Waals surface area (Å²) in [7, 11) is 2.73. The van der Waals surface area contributed by atoms with Gasteiger partial charge in [0, 0.05) is 11.1 Å². The van der Waals surface area contributed by atoms with Gasteiger partial charge < -0.3 is 14.6 Å². The number of Topliss-reactive ketones (excluding diaryl/α,β-unsaturated/α-hetero) is 1. The van der Waals surface area contributed by atoms with Crippen LogP contribution in [-0.2, 0) is 19.9 Å². The Bertz CT molecular complexity index is 892. The topological polar surface area (TPSA) is 93.1 Å². The van der Waals surface area contributed by atoms with E-state index in [0.29, 0.717) is 22.6 Å². The minimum Gasteiger partial charge on any atom is -0.497 e. The van der Waals surface area contributed by atoms with Gasteiger partial charge in [-0.1, -0.05) is 18.2 Å². The van der Waals surface area contributed by atoms with E-state index in [1.807, 2.05) is 0 Å². The summed E-state index contributed by atoms with van der Waals surface area (Å²) in [6.45, 7) is -0.342. The first kappa shape index (κ1) is 18.6. The molecule has 1 N–H and O–H groups in total. The second-order valence-corrected chi connectivity index (χ2v) is 6.17. The summed E-state index contributed by atoms with van der Waals surface area (Å²) in [5.41, 5.74) is -1.01. The van der Waals surface area contributed by atoms with Gasteiger partial charge in [-0.15, -0.1) is 0 Å². The lowest BCUT2D eigenvalue weighted by atomic mass is 9.88. The Hall–Kier alpha value is -3.19. The van der Waals surface area contributed by atoms with Crippen LogP contribution in [0.15, 0.2) is 48.5 Å². The van der Waals surface area contributed by atoms with E-state index in [2.05, 4.69) is 4.74 Å². The molecule has 1 heterocycles. The molecule has 0 saturated carbocycles. The molecular weight excluding hydrogens is 350 g/mol. The number of amides is 1. The maximum Gasteiger partial charge on any atom is 0.325 e. The number of fused-ring (bicyclic) bond motifs is 1. The molecule has 0 aliphatic carbocycles. The van der Waals surface area contributed by atoms with E-state index in [4.69, 9.17) is 4.74 Å². The van der Waals surface area contributed by atoms with Crippen LogP contribution in [0.4, 0.5) is 5.69 Å². The molecule has 7 heteroatoms. The van der Waals surface area contributed by atoms with Gasteiger partial charge >= 0.3 is 5.97 Å². The lowest BCUT2D eigenvalue weighted by Crippen LogP contribution is -2.43. The molecule has 0 saturated heterocycles. The first-order valence-electron chi connectivity index (χ1n) is 8.28. The minimum absolute atomic E-state index is 0.292. The van der Waals surface area contributed by atoms with Crippen LogP contribution in [0.2, 0.25) is 0 Å². The van der Waals surface area contributed by atoms with Gasteiger partial charge in [0.1, 0.15) is 12.3 Å². The largest absolute Gasteiger partial charge is 0.497 e. The van der Waals surface area contributed by atoms with Gasteiger partial charge in [-0.2, -0.15) is 0 Å². The second kappa shape index (κ2) is 7.20. The number of anilines is 1. The molecule has 0 fully saturated rings. The monoisotopic (exact) mass is 369 g/mol. The predicted octanol–water partition coefficient (Wildman–Crippen LogP) is 1.68. The fraction of sp³-hybridized carbons (Fsp3) is 0.250. The molecule has 140 valence electrons. The molecule has 1 aliphatic rings. The average molecular weight is 369 g/mol. The summed E-state index contributed by atoms with van der Waals surface area (Å²) in [6, 6.07) is 12.9. The van der Waals surface area contributed by atoms with Crippen molar-refractivity contribution in [2.45, 2.75) is 12.0 Å². The van der Waals surface area contributed by atoms with Crippen molar-refractivity contribution in [3.63, 3.8) is 0 Å². The van der Waals surface area contributed by atoms with Crippen LogP contribution in [0.5, 0.6) is 5.75 Å². The van der Waals surface area contributed by atoms with Gasteiger partial charge in [-0.05, 0) is 30.3 Å². The molecule has 0 aromatic heterocycles. The van der Waals surface area contributed by atoms with Gasteiger partial charge in [-0.25, -0.2) is 0 Å². The molecule has 3 rings (SSSR count). The molecule has 2 aromatic rings. The summed E-state index contributed by atoms with van der Waals surface area (Å²) in [5, 5.41) is 11.1. The van der Waals surface area contributed by atoms with Crippen LogP contribution in [0, 0.1) is 0 Å². The molecular formula is C20H19NO6. The SMILES string of the molecule is COC(=O)CN1C(=O)[C@](O)(CC(=O)c2ccc(OC)cc2)c2ccccc21. The Morgan fingerprint density at radius 3 is 2.37 bits per heavy atom. The Morgan fingerprint density at radius 1 is 1.07 bits per heavy atom. The van der Waals surface area contributed by atoms with Crippen molar-refractivity contribution in [2.24, 2.45) is 0 Å². The first-order chi connectivity index (χ1) is 12.9. The van der Waals surface area contributed by atoms with Gasteiger partial charge in [0.15, 0.2) is 11.4 Å². The Morgan fingerprint density at radius 2 is 1.74 bits per heavy atom. The van der Waals surface area contributed by atoms with Gasteiger partial charge in [-0.3, -0.25) is 19.3 Å². The fourth-order valence-corrected chi connectivity index (χ4v) is 3.14. The van der Waals surface area contributed by atoms with Crippen molar-refractivity contribution in [3.05, 3.63) is 59.7 Å². The summed E-state index contributed by atoms with van der Waals surface area (Å²) in [4.78, 5) is 38.4. The number of benzene rings is 2. The number of aliphatic hydroxyl groups is 1. The van der Waals surface area contributed by atoms with Crippen molar-refractivity contribution < 1.29 is 29.0 Å². The van der Waals surface area contributed by atoms with E-state index >= 15 is 0 Å².